The zero-order chi connectivity index (χ0) is 20.7. The topological polar surface area (TPSA) is 76.3 Å². The Balaban J connectivity index is 1.88. The first-order valence-corrected chi connectivity index (χ1v) is 10.1. The molecular formula is C21H36N4O3+2. The van der Waals surface area contributed by atoms with E-state index in [0.29, 0.717) is 18.0 Å². The summed E-state index contributed by atoms with van der Waals surface area (Å²) in [6, 6.07) is 7.29. The van der Waals surface area contributed by atoms with Crippen molar-refractivity contribution in [1.29, 1.82) is 0 Å². The Morgan fingerprint density at radius 2 is 1.86 bits per heavy atom. The predicted octanol–water partition coefficient (Wildman–Crippen LogP) is -0.890. The van der Waals surface area contributed by atoms with Gasteiger partial charge in [0.2, 0.25) is 0 Å². The van der Waals surface area contributed by atoms with Crippen LogP contribution in [0.3, 0.4) is 0 Å². The fourth-order valence-corrected chi connectivity index (χ4v) is 3.63. The number of para-hydroxylation sites is 2. The summed E-state index contributed by atoms with van der Waals surface area (Å²) >= 11 is 0. The Kier molecular flexibility index (Phi) is 7.83. The molecule has 2 unspecified atom stereocenters. The maximum Gasteiger partial charge on any atom is 0.282 e. The van der Waals surface area contributed by atoms with Gasteiger partial charge in [0.05, 0.1) is 25.9 Å². The van der Waals surface area contributed by atoms with Gasteiger partial charge >= 0.3 is 0 Å². The number of anilines is 1. The lowest BCUT2D eigenvalue weighted by Gasteiger charge is -2.24. The SMILES string of the molecule is COc1ccccc1NC(=O)[C@@H](C)[NH+]1CCC[NH+](CC(=O)NC(C)(C)C)CC1. The van der Waals surface area contributed by atoms with Gasteiger partial charge in [-0.15, -0.1) is 0 Å². The quantitative estimate of drug-likeness (QED) is 0.507. The second-order valence-electron chi connectivity index (χ2n) is 8.65. The zero-order valence-corrected chi connectivity index (χ0v) is 17.9. The minimum absolute atomic E-state index is 0.00609. The second kappa shape index (κ2) is 9.89. The molecule has 7 heteroatoms. The van der Waals surface area contributed by atoms with Gasteiger partial charge in [0.15, 0.2) is 12.6 Å². The van der Waals surface area contributed by atoms with Crippen LogP contribution in [0.1, 0.15) is 34.1 Å². The zero-order valence-electron chi connectivity index (χ0n) is 17.9. The molecular weight excluding hydrogens is 356 g/mol. The summed E-state index contributed by atoms with van der Waals surface area (Å²) < 4.78 is 5.31. The number of amides is 2. The third-order valence-corrected chi connectivity index (χ3v) is 5.12. The van der Waals surface area contributed by atoms with E-state index in [1.54, 1.807) is 7.11 Å². The van der Waals surface area contributed by atoms with E-state index in [2.05, 4.69) is 10.6 Å². The summed E-state index contributed by atoms with van der Waals surface area (Å²) in [5, 5.41) is 6.03. The first-order chi connectivity index (χ1) is 13.2. The van der Waals surface area contributed by atoms with E-state index in [4.69, 9.17) is 4.74 Å². The molecule has 2 rings (SSSR count). The molecule has 4 N–H and O–H groups in total. The summed E-state index contributed by atoms with van der Waals surface area (Å²) in [4.78, 5) is 27.5. The van der Waals surface area contributed by atoms with Crippen molar-refractivity contribution in [3.63, 3.8) is 0 Å². The van der Waals surface area contributed by atoms with Crippen LogP contribution in [0, 0.1) is 0 Å². The van der Waals surface area contributed by atoms with Crippen LogP contribution in [-0.2, 0) is 9.59 Å². The Hall–Kier alpha value is -2.12. The maximum atomic E-state index is 12.7. The van der Waals surface area contributed by atoms with Crippen LogP contribution < -0.4 is 25.2 Å². The van der Waals surface area contributed by atoms with Crippen LogP contribution in [0.2, 0.25) is 0 Å². The van der Waals surface area contributed by atoms with Gasteiger partial charge in [0.25, 0.3) is 11.8 Å². The van der Waals surface area contributed by atoms with Crippen molar-refractivity contribution in [2.24, 2.45) is 0 Å². The largest absolute Gasteiger partial charge is 0.495 e. The molecule has 1 aromatic rings. The van der Waals surface area contributed by atoms with Gasteiger partial charge in [-0.2, -0.15) is 0 Å². The standard InChI is InChI=1S/C21H34N4O3/c1-16(20(27)22-17-9-6-7-10-18(17)28-5)25-12-8-11-24(13-14-25)15-19(26)23-21(2,3)4/h6-7,9-10,16H,8,11-15H2,1-5H3,(H,22,27)(H,23,26)/p+2/t16-/m1/s1. The number of rotatable bonds is 6. The van der Waals surface area contributed by atoms with E-state index in [1.165, 1.54) is 9.80 Å². The normalized spacial score (nSPS) is 21.3. The molecule has 0 spiro atoms. The first kappa shape index (κ1) is 22.2. The highest BCUT2D eigenvalue weighted by atomic mass is 16.5. The van der Waals surface area contributed by atoms with Gasteiger partial charge in [-0.25, -0.2) is 0 Å². The number of hydrogen-bond donors (Lipinski definition) is 4. The lowest BCUT2D eigenvalue weighted by Crippen LogP contribution is -3.20. The van der Waals surface area contributed by atoms with Crippen molar-refractivity contribution in [3.05, 3.63) is 24.3 Å². The van der Waals surface area contributed by atoms with Crippen molar-refractivity contribution < 1.29 is 24.1 Å². The van der Waals surface area contributed by atoms with E-state index in [-0.39, 0.29) is 23.4 Å². The summed E-state index contributed by atoms with van der Waals surface area (Å²) in [7, 11) is 1.60. The van der Waals surface area contributed by atoms with Crippen molar-refractivity contribution in [3.8, 4) is 5.75 Å². The van der Waals surface area contributed by atoms with Crippen LogP contribution in [-0.4, -0.2) is 63.2 Å². The van der Waals surface area contributed by atoms with Gasteiger partial charge in [-0.1, -0.05) is 12.1 Å². The monoisotopic (exact) mass is 392 g/mol. The molecule has 0 bridgehead atoms. The Morgan fingerprint density at radius 1 is 1.14 bits per heavy atom. The van der Waals surface area contributed by atoms with Gasteiger partial charge in [-0.05, 0) is 39.8 Å². The van der Waals surface area contributed by atoms with Crippen LogP contribution in [0.4, 0.5) is 5.69 Å². The van der Waals surface area contributed by atoms with Gasteiger partial charge in [0, 0.05) is 12.0 Å². The average Bonchev–Trinajstić information content (AvgIpc) is 2.85. The molecule has 0 radical (unpaired) electrons. The van der Waals surface area contributed by atoms with Crippen LogP contribution in [0.5, 0.6) is 5.75 Å². The highest BCUT2D eigenvalue weighted by Crippen LogP contribution is 2.22. The molecule has 3 atom stereocenters. The minimum atomic E-state index is -0.204. The smallest absolute Gasteiger partial charge is 0.282 e. The van der Waals surface area contributed by atoms with Gasteiger partial charge < -0.3 is 25.2 Å². The number of benzene rings is 1. The lowest BCUT2D eigenvalue weighted by molar-refractivity contribution is -0.942. The molecule has 1 heterocycles. The van der Waals surface area contributed by atoms with Crippen molar-refractivity contribution in [2.45, 2.75) is 45.7 Å². The summed E-state index contributed by atoms with van der Waals surface area (Å²) in [5.41, 5.74) is 0.493. The van der Waals surface area contributed by atoms with E-state index in [9.17, 15) is 9.59 Å². The molecule has 7 nitrogen and oxygen atoms in total. The number of nitrogens with one attached hydrogen (secondary N) is 4. The van der Waals surface area contributed by atoms with Crippen LogP contribution >= 0.6 is 0 Å². The fraction of sp³-hybridized carbons (Fsp3) is 0.619. The average molecular weight is 393 g/mol. The van der Waals surface area contributed by atoms with E-state index < -0.39 is 0 Å². The van der Waals surface area contributed by atoms with E-state index in [0.717, 1.165) is 32.6 Å². The number of quaternary nitrogens is 2. The highest BCUT2D eigenvalue weighted by molar-refractivity contribution is 5.94. The number of carbonyl (C=O) groups is 2. The molecule has 0 saturated carbocycles. The molecule has 1 fully saturated rings. The predicted molar refractivity (Wildman–Crippen MR) is 110 cm³/mol. The second-order valence-corrected chi connectivity index (χ2v) is 8.65. The molecule has 1 aliphatic heterocycles. The number of methoxy groups -OCH3 is 1. The number of ether oxygens (including phenoxy) is 1. The highest BCUT2D eigenvalue weighted by Gasteiger charge is 2.30. The fourth-order valence-electron chi connectivity index (χ4n) is 3.63. The molecule has 0 aliphatic carbocycles. The first-order valence-electron chi connectivity index (χ1n) is 10.1. The molecule has 0 aromatic heterocycles. The molecule has 28 heavy (non-hydrogen) atoms. The van der Waals surface area contributed by atoms with E-state index in [1.807, 2.05) is 52.0 Å². The Morgan fingerprint density at radius 3 is 2.54 bits per heavy atom. The maximum absolute atomic E-state index is 12.7. The van der Waals surface area contributed by atoms with Crippen LogP contribution in [0.15, 0.2) is 24.3 Å². The Labute approximate surface area is 168 Å². The number of hydrogen-bond acceptors (Lipinski definition) is 3. The summed E-state index contributed by atoms with van der Waals surface area (Å²) in [5.74, 6) is 0.746. The van der Waals surface area contributed by atoms with Gasteiger partial charge in [0.1, 0.15) is 18.8 Å². The molecule has 1 saturated heterocycles. The molecule has 1 aliphatic rings. The minimum Gasteiger partial charge on any atom is -0.495 e. The van der Waals surface area contributed by atoms with Gasteiger partial charge in [-0.3, -0.25) is 9.59 Å². The summed E-state index contributed by atoms with van der Waals surface area (Å²) in [6.07, 6.45) is 1.000. The number of carbonyl (C=O) groups excluding carboxylic acids is 2. The third-order valence-electron chi connectivity index (χ3n) is 5.12. The van der Waals surface area contributed by atoms with Crippen molar-refractivity contribution in [2.75, 3.05) is 45.2 Å². The molecule has 2 amide bonds. The van der Waals surface area contributed by atoms with Crippen molar-refractivity contribution >= 4 is 17.5 Å². The van der Waals surface area contributed by atoms with Crippen LogP contribution in [0.25, 0.3) is 0 Å². The third kappa shape index (κ3) is 6.80. The molecule has 156 valence electrons. The van der Waals surface area contributed by atoms with E-state index >= 15 is 0 Å². The molecule has 1 aromatic carbocycles. The lowest BCUT2D eigenvalue weighted by atomic mass is 10.1. The summed E-state index contributed by atoms with van der Waals surface area (Å²) in [6.45, 7) is 12.1. The Bertz CT molecular complexity index is 672. The van der Waals surface area contributed by atoms with Crippen molar-refractivity contribution in [1.82, 2.24) is 5.32 Å².